The normalized spacial score (nSPS) is 23.2. The molecule has 4 rings (SSSR count). The van der Waals surface area contributed by atoms with Crippen molar-refractivity contribution < 1.29 is 18.7 Å². The minimum absolute atomic E-state index is 0.123. The second kappa shape index (κ2) is 7.41. The van der Waals surface area contributed by atoms with Gasteiger partial charge in [-0.2, -0.15) is 0 Å². The van der Waals surface area contributed by atoms with E-state index in [2.05, 4.69) is 15.2 Å². The Balaban J connectivity index is 1.59. The topological polar surface area (TPSA) is 90.6 Å². The summed E-state index contributed by atoms with van der Waals surface area (Å²) >= 11 is 0. The van der Waals surface area contributed by atoms with Gasteiger partial charge in [-0.3, -0.25) is 4.79 Å². The first-order chi connectivity index (χ1) is 12.8. The molecule has 0 aromatic carbocycles. The predicted molar refractivity (Wildman–Crippen MR) is 90.6 cm³/mol. The van der Waals surface area contributed by atoms with Crippen LogP contribution in [-0.4, -0.2) is 46.2 Å². The van der Waals surface area contributed by atoms with Gasteiger partial charge in [-0.05, 0) is 44.2 Å². The van der Waals surface area contributed by atoms with Crippen LogP contribution in [-0.2, 0) is 4.74 Å². The Morgan fingerprint density at radius 3 is 2.92 bits per heavy atom. The van der Waals surface area contributed by atoms with E-state index in [1.54, 1.807) is 23.2 Å². The molecular formula is C18H22N4O4. The van der Waals surface area contributed by atoms with Crippen LogP contribution in [0.2, 0.25) is 0 Å². The van der Waals surface area contributed by atoms with Crippen LogP contribution < -0.4 is 4.74 Å². The van der Waals surface area contributed by atoms with Gasteiger partial charge in [0.15, 0.2) is 0 Å². The van der Waals surface area contributed by atoms with E-state index < -0.39 is 0 Å². The van der Waals surface area contributed by atoms with Crippen LogP contribution in [0.3, 0.4) is 0 Å². The molecule has 1 amide bonds. The molecule has 0 saturated carbocycles. The molecule has 2 atom stereocenters. The molecule has 0 N–H and O–H groups in total. The monoisotopic (exact) mass is 358 g/mol. The fraction of sp³-hybridized carbons (Fsp3) is 0.556. The average molecular weight is 358 g/mol. The van der Waals surface area contributed by atoms with Crippen molar-refractivity contribution in [3.8, 4) is 5.88 Å². The zero-order valence-electron chi connectivity index (χ0n) is 14.8. The molecule has 2 aromatic rings. The first kappa shape index (κ1) is 17.0. The number of methoxy groups -OCH3 is 1. The van der Waals surface area contributed by atoms with Crippen molar-refractivity contribution in [3.05, 3.63) is 35.7 Å². The molecule has 4 heterocycles. The van der Waals surface area contributed by atoms with Gasteiger partial charge in [-0.15, -0.1) is 10.2 Å². The fourth-order valence-corrected chi connectivity index (χ4v) is 3.59. The zero-order chi connectivity index (χ0) is 17.9. The summed E-state index contributed by atoms with van der Waals surface area (Å²) in [5.74, 6) is 1.18. The highest BCUT2D eigenvalue weighted by Gasteiger charge is 2.35. The van der Waals surface area contributed by atoms with Gasteiger partial charge >= 0.3 is 0 Å². The second-order valence-electron chi connectivity index (χ2n) is 6.55. The third-order valence-electron chi connectivity index (χ3n) is 4.91. The lowest BCUT2D eigenvalue weighted by atomic mass is 10.0. The van der Waals surface area contributed by atoms with E-state index in [4.69, 9.17) is 13.9 Å². The molecule has 0 unspecified atom stereocenters. The minimum Gasteiger partial charge on any atom is -0.480 e. The maximum atomic E-state index is 13.1. The fourth-order valence-electron chi connectivity index (χ4n) is 3.59. The van der Waals surface area contributed by atoms with Gasteiger partial charge in [0.1, 0.15) is 17.7 Å². The van der Waals surface area contributed by atoms with Crippen LogP contribution in [0.15, 0.2) is 22.7 Å². The number of hydrogen-bond acceptors (Lipinski definition) is 7. The van der Waals surface area contributed by atoms with Gasteiger partial charge in [-0.1, -0.05) is 0 Å². The summed E-state index contributed by atoms with van der Waals surface area (Å²) in [5, 5.41) is 8.37. The molecule has 0 bridgehead atoms. The summed E-state index contributed by atoms with van der Waals surface area (Å²) in [5.41, 5.74) is 0.445. The van der Waals surface area contributed by atoms with Crippen LogP contribution in [0.4, 0.5) is 0 Å². The Kier molecular flexibility index (Phi) is 4.83. The second-order valence-corrected chi connectivity index (χ2v) is 6.55. The van der Waals surface area contributed by atoms with Gasteiger partial charge in [-0.25, -0.2) is 4.98 Å². The van der Waals surface area contributed by atoms with Crippen molar-refractivity contribution in [2.45, 2.75) is 44.2 Å². The Morgan fingerprint density at radius 1 is 1.23 bits per heavy atom. The van der Waals surface area contributed by atoms with Gasteiger partial charge < -0.3 is 18.8 Å². The molecule has 0 spiro atoms. The number of aromatic nitrogens is 3. The molecule has 0 radical (unpaired) electrons. The quantitative estimate of drug-likeness (QED) is 0.830. The number of amides is 1. The third-order valence-corrected chi connectivity index (χ3v) is 4.91. The van der Waals surface area contributed by atoms with Gasteiger partial charge in [0.25, 0.3) is 5.91 Å². The van der Waals surface area contributed by atoms with Gasteiger partial charge in [0.05, 0.1) is 7.11 Å². The maximum absolute atomic E-state index is 13.1. The molecule has 2 aliphatic heterocycles. The summed E-state index contributed by atoms with van der Waals surface area (Å²) in [6.07, 6.45) is 6.12. The van der Waals surface area contributed by atoms with E-state index in [1.165, 1.54) is 7.11 Å². The van der Waals surface area contributed by atoms with Crippen molar-refractivity contribution in [3.63, 3.8) is 0 Å². The lowest BCUT2D eigenvalue weighted by molar-refractivity contribution is 0.0546. The van der Waals surface area contributed by atoms with Crippen molar-refractivity contribution >= 4 is 5.91 Å². The average Bonchev–Trinajstić information content (AvgIpc) is 3.39. The van der Waals surface area contributed by atoms with Gasteiger partial charge in [0, 0.05) is 19.3 Å². The molecule has 2 saturated heterocycles. The molecular weight excluding hydrogens is 336 g/mol. The molecule has 26 heavy (non-hydrogen) atoms. The molecule has 2 aromatic heterocycles. The maximum Gasteiger partial charge on any atom is 0.260 e. The van der Waals surface area contributed by atoms with Crippen molar-refractivity contribution in [2.24, 2.45) is 0 Å². The predicted octanol–water partition coefficient (Wildman–Crippen LogP) is 2.69. The van der Waals surface area contributed by atoms with Gasteiger partial charge in [0.2, 0.25) is 17.7 Å². The van der Waals surface area contributed by atoms with Crippen molar-refractivity contribution in [1.82, 2.24) is 20.1 Å². The van der Waals surface area contributed by atoms with Crippen LogP contribution in [0.25, 0.3) is 0 Å². The van der Waals surface area contributed by atoms with Crippen LogP contribution in [0, 0.1) is 0 Å². The standard InChI is InChI=1S/C18H22N4O4/c1-24-15-12(6-4-9-19-15)18(23)22-10-3-2-7-13(22)16-20-21-17(26-16)14-8-5-11-25-14/h4,6,9,13-14H,2-3,5,7-8,10-11H2,1H3/t13-,14-/m1/s1. The number of ether oxygens (including phenoxy) is 2. The highest BCUT2D eigenvalue weighted by molar-refractivity contribution is 5.96. The first-order valence-electron chi connectivity index (χ1n) is 9.03. The number of hydrogen-bond donors (Lipinski definition) is 0. The summed E-state index contributed by atoms with van der Waals surface area (Å²) < 4.78 is 16.7. The molecule has 138 valence electrons. The Labute approximate surface area is 151 Å². The Hall–Kier alpha value is -2.48. The number of pyridine rings is 1. The van der Waals surface area contributed by atoms with Crippen LogP contribution >= 0.6 is 0 Å². The van der Waals surface area contributed by atoms with Crippen LogP contribution in [0.5, 0.6) is 5.88 Å². The summed E-state index contributed by atoms with van der Waals surface area (Å²) in [6, 6.07) is 3.23. The first-order valence-corrected chi connectivity index (χ1v) is 9.03. The zero-order valence-corrected chi connectivity index (χ0v) is 14.8. The Morgan fingerprint density at radius 2 is 2.12 bits per heavy atom. The lowest BCUT2D eigenvalue weighted by Gasteiger charge is -2.33. The lowest BCUT2D eigenvalue weighted by Crippen LogP contribution is -2.39. The highest BCUT2D eigenvalue weighted by Crippen LogP contribution is 2.34. The van der Waals surface area contributed by atoms with E-state index in [0.717, 1.165) is 38.7 Å². The number of carbonyl (C=O) groups excluding carboxylic acids is 1. The number of rotatable bonds is 4. The molecule has 2 fully saturated rings. The van der Waals surface area contributed by atoms with E-state index in [-0.39, 0.29) is 18.1 Å². The molecule has 8 nitrogen and oxygen atoms in total. The number of likely N-dealkylation sites (tertiary alicyclic amines) is 1. The third kappa shape index (κ3) is 3.16. The molecule has 8 heteroatoms. The number of nitrogens with zero attached hydrogens (tertiary/aromatic N) is 4. The number of piperidine rings is 1. The summed E-state index contributed by atoms with van der Waals surface area (Å²) in [6.45, 7) is 1.36. The van der Waals surface area contributed by atoms with Crippen LogP contribution in [0.1, 0.15) is 66.4 Å². The van der Waals surface area contributed by atoms with Crippen molar-refractivity contribution in [1.29, 1.82) is 0 Å². The summed E-state index contributed by atoms with van der Waals surface area (Å²) in [7, 11) is 1.51. The minimum atomic E-state index is -0.233. The Bertz CT molecular complexity index is 772. The number of carbonyl (C=O) groups is 1. The van der Waals surface area contributed by atoms with E-state index in [9.17, 15) is 4.79 Å². The van der Waals surface area contributed by atoms with Crippen molar-refractivity contribution in [2.75, 3.05) is 20.3 Å². The molecule has 0 aliphatic carbocycles. The summed E-state index contributed by atoms with van der Waals surface area (Å²) in [4.78, 5) is 19.0. The highest BCUT2D eigenvalue weighted by atomic mass is 16.5. The SMILES string of the molecule is COc1ncccc1C(=O)N1CCCC[C@@H]1c1nnc([C@H]2CCCO2)o1. The van der Waals surface area contributed by atoms with E-state index in [1.807, 2.05) is 0 Å². The molecule has 2 aliphatic rings. The largest absolute Gasteiger partial charge is 0.480 e. The van der Waals surface area contributed by atoms with E-state index >= 15 is 0 Å². The smallest absolute Gasteiger partial charge is 0.260 e. The van der Waals surface area contributed by atoms with E-state index in [0.29, 0.717) is 29.8 Å².